The molecule has 3 rings (SSSR count). The molecule has 0 amide bonds. The maximum Gasteiger partial charge on any atom is 0.226 e. The third-order valence-electron chi connectivity index (χ3n) is 2.80. The van der Waals surface area contributed by atoms with E-state index in [1.807, 2.05) is 0 Å². The van der Waals surface area contributed by atoms with E-state index < -0.39 is 11.6 Å². The summed E-state index contributed by atoms with van der Waals surface area (Å²) in [6.07, 6.45) is 1.52. The number of aromatic amines is 1. The smallest absolute Gasteiger partial charge is 0.226 e. The van der Waals surface area contributed by atoms with Gasteiger partial charge in [0.15, 0.2) is 5.65 Å². The Morgan fingerprint density at radius 2 is 2.00 bits per heavy atom. The molecule has 0 aliphatic rings. The zero-order valence-corrected chi connectivity index (χ0v) is 12.3. The van der Waals surface area contributed by atoms with Crippen molar-refractivity contribution in [3.8, 4) is 0 Å². The van der Waals surface area contributed by atoms with Crippen molar-refractivity contribution >= 4 is 44.4 Å². The molecule has 0 atom stereocenters. The van der Waals surface area contributed by atoms with Gasteiger partial charge in [0.2, 0.25) is 5.95 Å². The SMILES string of the molecule is CNc1nc(Nc2cc(Br)c(F)cc2F)c2cn[nH]c2n1. The maximum absolute atomic E-state index is 13.8. The first kappa shape index (κ1) is 13.7. The van der Waals surface area contributed by atoms with Crippen LogP contribution in [0, 0.1) is 11.6 Å². The Morgan fingerprint density at radius 1 is 1.19 bits per heavy atom. The molecule has 0 bridgehead atoms. The van der Waals surface area contributed by atoms with Crippen LogP contribution < -0.4 is 10.6 Å². The molecule has 0 aliphatic heterocycles. The van der Waals surface area contributed by atoms with Crippen molar-refractivity contribution in [2.75, 3.05) is 17.7 Å². The molecule has 3 N–H and O–H groups in total. The van der Waals surface area contributed by atoms with Crippen LogP contribution in [0.15, 0.2) is 22.8 Å². The molecular weight excluding hydrogens is 346 g/mol. The summed E-state index contributed by atoms with van der Waals surface area (Å²) in [5, 5.41) is 12.8. The lowest BCUT2D eigenvalue weighted by atomic mass is 10.3. The van der Waals surface area contributed by atoms with Gasteiger partial charge in [-0.1, -0.05) is 0 Å². The molecule has 0 saturated carbocycles. The lowest BCUT2D eigenvalue weighted by Gasteiger charge is -2.10. The van der Waals surface area contributed by atoms with E-state index in [0.717, 1.165) is 6.07 Å². The third kappa shape index (κ3) is 2.51. The van der Waals surface area contributed by atoms with Gasteiger partial charge in [-0.2, -0.15) is 15.1 Å². The number of halogens is 3. The second-order valence-electron chi connectivity index (χ2n) is 4.15. The molecular formula is C12H9BrF2N6. The number of fused-ring (bicyclic) bond motifs is 1. The summed E-state index contributed by atoms with van der Waals surface area (Å²) < 4.78 is 27.2. The van der Waals surface area contributed by atoms with Crippen LogP contribution >= 0.6 is 15.9 Å². The fraction of sp³-hybridized carbons (Fsp3) is 0.0833. The van der Waals surface area contributed by atoms with Crippen LogP contribution in [-0.4, -0.2) is 27.2 Å². The normalized spacial score (nSPS) is 10.9. The fourth-order valence-electron chi connectivity index (χ4n) is 1.79. The van der Waals surface area contributed by atoms with Crippen LogP contribution in [0.3, 0.4) is 0 Å². The van der Waals surface area contributed by atoms with Crippen molar-refractivity contribution in [3.05, 3.63) is 34.4 Å². The number of rotatable bonds is 3. The van der Waals surface area contributed by atoms with Crippen LogP contribution in [0.4, 0.5) is 26.2 Å². The second-order valence-corrected chi connectivity index (χ2v) is 5.00. The highest BCUT2D eigenvalue weighted by Gasteiger charge is 2.13. The van der Waals surface area contributed by atoms with Gasteiger partial charge in [-0.05, 0) is 22.0 Å². The van der Waals surface area contributed by atoms with Crippen LogP contribution in [0.1, 0.15) is 0 Å². The molecule has 108 valence electrons. The van der Waals surface area contributed by atoms with Gasteiger partial charge in [0.05, 0.1) is 21.7 Å². The van der Waals surface area contributed by atoms with Crippen LogP contribution in [0.5, 0.6) is 0 Å². The quantitative estimate of drug-likeness (QED) is 0.629. The minimum atomic E-state index is -0.725. The Labute approximate surface area is 126 Å². The van der Waals surface area contributed by atoms with Crippen LogP contribution in [0.25, 0.3) is 11.0 Å². The predicted molar refractivity (Wildman–Crippen MR) is 78.6 cm³/mol. The van der Waals surface area contributed by atoms with Crippen molar-refractivity contribution < 1.29 is 8.78 Å². The highest BCUT2D eigenvalue weighted by molar-refractivity contribution is 9.10. The van der Waals surface area contributed by atoms with E-state index in [1.165, 1.54) is 12.3 Å². The van der Waals surface area contributed by atoms with Gasteiger partial charge in [-0.3, -0.25) is 5.10 Å². The molecule has 2 heterocycles. The number of benzene rings is 1. The Morgan fingerprint density at radius 3 is 2.76 bits per heavy atom. The Balaban J connectivity index is 2.09. The van der Waals surface area contributed by atoms with Crippen LogP contribution in [0.2, 0.25) is 0 Å². The van der Waals surface area contributed by atoms with Crippen molar-refractivity contribution in [2.24, 2.45) is 0 Å². The molecule has 0 fully saturated rings. The number of hydrogen-bond donors (Lipinski definition) is 3. The number of aromatic nitrogens is 4. The molecule has 9 heteroatoms. The van der Waals surface area contributed by atoms with Gasteiger partial charge in [-0.15, -0.1) is 0 Å². The zero-order valence-electron chi connectivity index (χ0n) is 10.7. The van der Waals surface area contributed by atoms with Gasteiger partial charge >= 0.3 is 0 Å². The molecule has 0 radical (unpaired) electrons. The van der Waals surface area contributed by atoms with Gasteiger partial charge in [0, 0.05) is 13.1 Å². The summed E-state index contributed by atoms with van der Waals surface area (Å²) in [4.78, 5) is 8.38. The summed E-state index contributed by atoms with van der Waals surface area (Å²) in [6, 6.07) is 2.09. The van der Waals surface area contributed by atoms with Crippen molar-refractivity contribution in [2.45, 2.75) is 0 Å². The average Bonchev–Trinajstić information content (AvgIpc) is 2.93. The number of hydrogen-bond acceptors (Lipinski definition) is 5. The monoisotopic (exact) mass is 354 g/mol. The highest BCUT2D eigenvalue weighted by atomic mass is 79.9. The van der Waals surface area contributed by atoms with Gasteiger partial charge < -0.3 is 10.6 Å². The van der Waals surface area contributed by atoms with Crippen LogP contribution in [-0.2, 0) is 0 Å². The molecule has 0 spiro atoms. The Bertz CT molecular complexity index is 819. The molecule has 2 aromatic heterocycles. The second kappa shape index (κ2) is 5.24. The van der Waals surface area contributed by atoms with E-state index in [4.69, 9.17) is 0 Å². The van der Waals surface area contributed by atoms with E-state index in [0.29, 0.717) is 22.8 Å². The molecule has 3 aromatic rings. The number of nitrogens with one attached hydrogen (secondary N) is 3. The van der Waals surface area contributed by atoms with E-state index in [2.05, 4.69) is 46.7 Å². The largest absolute Gasteiger partial charge is 0.357 e. The molecule has 6 nitrogen and oxygen atoms in total. The van der Waals surface area contributed by atoms with E-state index in [1.54, 1.807) is 7.05 Å². The number of nitrogens with zero attached hydrogens (tertiary/aromatic N) is 3. The lowest BCUT2D eigenvalue weighted by molar-refractivity contribution is 0.581. The summed E-state index contributed by atoms with van der Waals surface area (Å²) >= 11 is 3.02. The molecule has 1 aromatic carbocycles. The first-order valence-corrected chi connectivity index (χ1v) is 6.68. The van der Waals surface area contributed by atoms with E-state index >= 15 is 0 Å². The van der Waals surface area contributed by atoms with Crippen molar-refractivity contribution in [1.29, 1.82) is 0 Å². The zero-order chi connectivity index (χ0) is 15.0. The first-order valence-electron chi connectivity index (χ1n) is 5.89. The topological polar surface area (TPSA) is 78.5 Å². The first-order chi connectivity index (χ1) is 10.1. The van der Waals surface area contributed by atoms with Gasteiger partial charge in [-0.25, -0.2) is 8.78 Å². The Kier molecular flexibility index (Phi) is 3.42. The summed E-state index contributed by atoms with van der Waals surface area (Å²) in [5.74, 6) is -0.701. The van der Waals surface area contributed by atoms with Gasteiger partial charge in [0.25, 0.3) is 0 Å². The summed E-state index contributed by atoms with van der Waals surface area (Å²) in [6.45, 7) is 0. The van der Waals surface area contributed by atoms with E-state index in [-0.39, 0.29) is 10.2 Å². The van der Waals surface area contributed by atoms with E-state index in [9.17, 15) is 8.78 Å². The fourth-order valence-corrected chi connectivity index (χ4v) is 2.13. The lowest BCUT2D eigenvalue weighted by Crippen LogP contribution is -2.03. The molecule has 0 unspecified atom stereocenters. The summed E-state index contributed by atoms with van der Waals surface area (Å²) in [7, 11) is 1.66. The van der Waals surface area contributed by atoms with Crippen molar-refractivity contribution in [3.63, 3.8) is 0 Å². The minimum absolute atomic E-state index is 0.0894. The average molecular weight is 355 g/mol. The minimum Gasteiger partial charge on any atom is -0.357 e. The Hall–Kier alpha value is -2.29. The number of anilines is 3. The molecule has 0 saturated heterocycles. The van der Waals surface area contributed by atoms with Gasteiger partial charge in [0.1, 0.15) is 17.5 Å². The standard InChI is InChI=1S/C12H9BrF2N6/c1-16-12-19-10(5-4-17-21-11(5)20-12)18-9-2-6(13)7(14)3-8(9)15/h2-4H,1H3,(H3,16,17,18,19,20,21). The maximum atomic E-state index is 13.8. The molecule has 0 aliphatic carbocycles. The predicted octanol–water partition coefficient (Wildman–Crippen LogP) is 3.18. The third-order valence-corrected chi connectivity index (χ3v) is 3.40. The molecule has 21 heavy (non-hydrogen) atoms. The van der Waals surface area contributed by atoms with Crippen molar-refractivity contribution in [1.82, 2.24) is 20.2 Å². The summed E-state index contributed by atoms with van der Waals surface area (Å²) in [5.41, 5.74) is 0.588. The number of H-pyrrole nitrogens is 1. The highest BCUT2D eigenvalue weighted by Crippen LogP contribution is 2.28.